The Morgan fingerprint density at radius 3 is 2.76 bits per heavy atom. The van der Waals surface area contributed by atoms with Crippen LogP contribution in [0.4, 0.5) is 5.95 Å². The second kappa shape index (κ2) is 7.00. The first kappa shape index (κ1) is 16.4. The van der Waals surface area contributed by atoms with E-state index < -0.39 is 0 Å². The van der Waals surface area contributed by atoms with E-state index in [0.29, 0.717) is 11.5 Å². The van der Waals surface area contributed by atoms with E-state index >= 15 is 0 Å². The maximum atomic E-state index is 11.8. The minimum atomic E-state index is -0.366. The van der Waals surface area contributed by atoms with Gasteiger partial charge in [0.25, 0.3) is 0 Å². The normalized spacial score (nSPS) is 11.0. The molecule has 6 heteroatoms. The summed E-state index contributed by atoms with van der Waals surface area (Å²) in [4.78, 5) is 15.9. The van der Waals surface area contributed by atoms with E-state index in [-0.39, 0.29) is 5.97 Å². The summed E-state index contributed by atoms with van der Waals surface area (Å²) < 4.78 is 6.31. The Bertz CT molecular complexity index is 944. The van der Waals surface area contributed by atoms with Gasteiger partial charge in [-0.1, -0.05) is 36.4 Å². The lowest BCUT2D eigenvalue weighted by molar-refractivity contribution is 0.0601. The van der Waals surface area contributed by atoms with Crippen LogP contribution in [-0.4, -0.2) is 29.0 Å². The smallest absolute Gasteiger partial charge is 0.337 e. The number of carbonyl (C=O) groups is 1. The summed E-state index contributed by atoms with van der Waals surface area (Å²) in [5, 5.41) is 4.37. The summed E-state index contributed by atoms with van der Waals surface area (Å²) in [7, 11) is 1.37. The SMILES string of the molecule is COC(=O)c1cccc(-c2ccccc2C=Nn2cc(C)nc2N)c1. The number of ether oxygens (including phenoxy) is 1. The number of nitrogens with two attached hydrogens (primary N) is 1. The van der Waals surface area contributed by atoms with Crippen molar-refractivity contribution in [3.8, 4) is 11.1 Å². The van der Waals surface area contributed by atoms with Crippen LogP contribution < -0.4 is 5.73 Å². The molecule has 0 bridgehead atoms. The Balaban J connectivity index is 1.99. The molecule has 1 aromatic heterocycles. The van der Waals surface area contributed by atoms with Gasteiger partial charge in [-0.3, -0.25) is 0 Å². The number of rotatable bonds is 4. The summed E-state index contributed by atoms with van der Waals surface area (Å²) in [6, 6.07) is 15.1. The number of anilines is 1. The van der Waals surface area contributed by atoms with E-state index in [9.17, 15) is 4.79 Å². The van der Waals surface area contributed by atoms with Gasteiger partial charge in [0.15, 0.2) is 0 Å². The van der Waals surface area contributed by atoms with Gasteiger partial charge in [0.05, 0.1) is 30.8 Å². The van der Waals surface area contributed by atoms with Crippen LogP contribution in [0.3, 0.4) is 0 Å². The average Bonchev–Trinajstić information content (AvgIpc) is 2.97. The number of hydrogen-bond donors (Lipinski definition) is 1. The average molecular weight is 334 g/mol. The van der Waals surface area contributed by atoms with Gasteiger partial charge in [-0.15, -0.1) is 0 Å². The number of nitrogen functional groups attached to an aromatic ring is 1. The van der Waals surface area contributed by atoms with Crippen LogP contribution >= 0.6 is 0 Å². The first-order valence-electron chi connectivity index (χ1n) is 7.72. The first-order chi connectivity index (χ1) is 12.1. The zero-order chi connectivity index (χ0) is 17.8. The molecule has 0 spiro atoms. The fourth-order valence-corrected chi connectivity index (χ4v) is 2.52. The molecule has 0 aliphatic heterocycles. The number of aryl methyl sites for hydroxylation is 1. The van der Waals surface area contributed by atoms with Gasteiger partial charge in [0.1, 0.15) is 0 Å². The molecule has 1 heterocycles. The molecule has 0 unspecified atom stereocenters. The minimum Gasteiger partial charge on any atom is -0.465 e. The van der Waals surface area contributed by atoms with Gasteiger partial charge in [0, 0.05) is 5.56 Å². The molecule has 3 rings (SSSR count). The first-order valence-corrected chi connectivity index (χ1v) is 7.72. The van der Waals surface area contributed by atoms with Gasteiger partial charge in [-0.2, -0.15) is 5.10 Å². The summed E-state index contributed by atoms with van der Waals surface area (Å²) in [6.07, 6.45) is 3.48. The molecule has 0 saturated heterocycles. The van der Waals surface area contributed by atoms with E-state index in [2.05, 4.69) is 10.1 Å². The number of nitrogens with zero attached hydrogens (tertiary/aromatic N) is 3. The summed E-state index contributed by atoms with van der Waals surface area (Å²) in [6.45, 7) is 1.86. The molecule has 0 atom stereocenters. The lowest BCUT2D eigenvalue weighted by atomic mass is 9.98. The van der Waals surface area contributed by atoms with Crippen molar-refractivity contribution in [3.05, 3.63) is 71.5 Å². The van der Waals surface area contributed by atoms with Gasteiger partial charge in [-0.05, 0) is 30.2 Å². The molecular weight excluding hydrogens is 316 g/mol. The molecule has 25 heavy (non-hydrogen) atoms. The van der Waals surface area contributed by atoms with E-state index in [1.807, 2.05) is 43.3 Å². The highest BCUT2D eigenvalue weighted by atomic mass is 16.5. The molecule has 2 aromatic carbocycles. The highest BCUT2D eigenvalue weighted by Crippen LogP contribution is 2.24. The largest absolute Gasteiger partial charge is 0.465 e. The molecular formula is C19H18N4O2. The lowest BCUT2D eigenvalue weighted by Gasteiger charge is -2.08. The number of benzene rings is 2. The van der Waals surface area contributed by atoms with Crippen molar-refractivity contribution in [1.82, 2.24) is 9.66 Å². The third-order valence-corrected chi connectivity index (χ3v) is 3.71. The predicted molar refractivity (Wildman–Crippen MR) is 97.6 cm³/mol. The van der Waals surface area contributed by atoms with Crippen molar-refractivity contribution in [2.75, 3.05) is 12.8 Å². The third kappa shape index (κ3) is 3.58. The Morgan fingerprint density at radius 1 is 1.24 bits per heavy atom. The third-order valence-electron chi connectivity index (χ3n) is 3.71. The Morgan fingerprint density at radius 2 is 2.04 bits per heavy atom. The Hall–Kier alpha value is -3.41. The number of methoxy groups -OCH3 is 1. The van der Waals surface area contributed by atoms with Crippen LogP contribution in [0, 0.1) is 6.92 Å². The van der Waals surface area contributed by atoms with E-state index in [1.165, 1.54) is 11.8 Å². The van der Waals surface area contributed by atoms with Crippen molar-refractivity contribution < 1.29 is 9.53 Å². The van der Waals surface area contributed by atoms with Gasteiger partial charge in [0.2, 0.25) is 5.95 Å². The van der Waals surface area contributed by atoms with Gasteiger partial charge >= 0.3 is 5.97 Å². The number of carbonyl (C=O) groups excluding carboxylic acids is 1. The monoisotopic (exact) mass is 334 g/mol. The molecule has 6 nitrogen and oxygen atoms in total. The van der Waals surface area contributed by atoms with Crippen molar-refractivity contribution in [2.24, 2.45) is 5.10 Å². The fourth-order valence-electron chi connectivity index (χ4n) is 2.52. The second-order valence-electron chi connectivity index (χ2n) is 5.49. The molecule has 0 aliphatic carbocycles. The highest BCUT2D eigenvalue weighted by molar-refractivity contribution is 5.94. The number of aromatic nitrogens is 2. The van der Waals surface area contributed by atoms with Crippen molar-refractivity contribution in [2.45, 2.75) is 6.92 Å². The van der Waals surface area contributed by atoms with Gasteiger partial charge in [-0.25, -0.2) is 14.5 Å². The minimum absolute atomic E-state index is 0.332. The molecule has 0 amide bonds. The van der Waals surface area contributed by atoms with Crippen LogP contribution in [0.25, 0.3) is 11.1 Å². The molecule has 0 saturated carbocycles. The molecule has 0 fully saturated rings. The number of esters is 1. The van der Waals surface area contributed by atoms with Crippen LogP contribution in [0.1, 0.15) is 21.6 Å². The zero-order valence-electron chi connectivity index (χ0n) is 14.0. The quantitative estimate of drug-likeness (QED) is 0.587. The fraction of sp³-hybridized carbons (Fsp3) is 0.105. The molecule has 3 aromatic rings. The molecule has 0 aliphatic rings. The Labute approximate surface area is 145 Å². The lowest BCUT2D eigenvalue weighted by Crippen LogP contribution is -2.01. The topological polar surface area (TPSA) is 82.5 Å². The highest BCUT2D eigenvalue weighted by Gasteiger charge is 2.09. The maximum absolute atomic E-state index is 11.8. The maximum Gasteiger partial charge on any atom is 0.337 e. The van der Waals surface area contributed by atoms with Crippen LogP contribution in [0.5, 0.6) is 0 Å². The number of hydrogen-bond acceptors (Lipinski definition) is 5. The van der Waals surface area contributed by atoms with Crippen LogP contribution in [0.2, 0.25) is 0 Å². The van der Waals surface area contributed by atoms with E-state index in [0.717, 1.165) is 22.4 Å². The summed E-state index contributed by atoms with van der Waals surface area (Å²) >= 11 is 0. The molecule has 2 N–H and O–H groups in total. The molecule has 126 valence electrons. The van der Waals surface area contributed by atoms with Crippen molar-refractivity contribution in [3.63, 3.8) is 0 Å². The van der Waals surface area contributed by atoms with E-state index in [4.69, 9.17) is 10.5 Å². The van der Waals surface area contributed by atoms with Crippen molar-refractivity contribution >= 4 is 18.1 Å². The van der Waals surface area contributed by atoms with Crippen molar-refractivity contribution in [1.29, 1.82) is 0 Å². The zero-order valence-corrected chi connectivity index (χ0v) is 14.0. The van der Waals surface area contributed by atoms with Crippen LogP contribution in [-0.2, 0) is 4.74 Å². The van der Waals surface area contributed by atoms with Gasteiger partial charge < -0.3 is 10.5 Å². The predicted octanol–water partition coefficient (Wildman–Crippen LogP) is 3.11. The summed E-state index contributed by atoms with van der Waals surface area (Å²) in [5.41, 5.74) is 9.86. The van der Waals surface area contributed by atoms with Crippen LogP contribution in [0.15, 0.2) is 59.8 Å². The summed E-state index contributed by atoms with van der Waals surface area (Å²) in [5.74, 6) is -0.0337. The number of imidazole rings is 1. The van der Waals surface area contributed by atoms with E-state index in [1.54, 1.807) is 24.5 Å². The second-order valence-corrected chi connectivity index (χ2v) is 5.49. The Kier molecular flexibility index (Phi) is 4.61. The standard InChI is InChI=1S/C19H18N4O2/c1-13-12-23(19(20)22-13)21-11-16-6-3-4-9-17(16)14-7-5-8-15(10-14)18(24)25-2/h3-12H,1-2H3,(H2,20,22). The molecule has 0 radical (unpaired) electrons.